The maximum absolute atomic E-state index is 12.4. The Morgan fingerprint density at radius 1 is 0.897 bits per heavy atom. The topological polar surface area (TPSA) is 72.8 Å². The summed E-state index contributed by atoms with van der Waals surface area (Å²) in [6.07, 6.45) is 8.75. The number of aliphatic hydroxyl groups excluding tert-OH is 1. The Morgan fingerprint density at radius 3 is 2.15 bits per heavy atom. The van der Waals surface area contributed by atoms with Crippen LogP contribution in [0.15, 0.2) is 91.5 Å². The Labute approximate surface area is 230 Å². The van der Waals surface area contributed by atoms with E-state index in [1.165, 1.54) is 44.1 Å². The molecule has 1 fully saturated rings. The minimum absolute atomic E-state index is 0.0105. The van der Waals surface area contributed by atoms with Crippen LogP contribution in [0.2, 0.25) is 0 Å². The molecule has 1 N–H and O–H groups in total. The second-order valence-electron chi connectivity index (χ2n) is 10.1. The van der Waals surface area contributed by atoms with E-state index in [0.29, 0.717) is 17.4 Å². The van der Waals surface area contributed by atoms with E-state index in [1.807, 2.05) is 24.3 Å². The van der Waals surface area contributed by atoms with Gasteiger partial charge >= 0.3 is 11.9 Å². The molecule has 5 nitrogen and oxygen atoms in total. The van der Waals surface area contributed by atoms with Crippen molar-refractivity contribution in [3.05, 3.63) is 97.1 Å². The fourth-order valence-electron chi connectivity index (χ4n) is 5.26. The van der Waals surface area contributed by atoms with Gasteiger partial charge in [-0.25, -0.2) is 9.59 Å². The van der Waals surface area contributed by atoms with E-state index in [-0.39, 0.29) is 5.57 Å². The standard InChI is InChI=1S/C34H36O5/c1-4-6-24-7-9-25(10-8-24)26-11-13-28(14-12-26)31-21-29(17-20-32(31)39-34(37)23(3)22-35)27-15-18-30(19-16-27)38-33(36)5-2/h5,11-21,24-25,35H,2-4,6-10,22H2,1H3. The monoisotopic (exact) mass is 524 g/mol. The first-order valence-corrected chi connectivity index (χ1v) is 13.6. The van der Waals surface area contributed by atoms with Gasteiger partial charge in [-0.3, -0.25) is 0 Å². The van der Waals surface area contributed by atoms with Gasteiger partial charge in [-0.05, 0) is 84.0 Å². The van der Waals surface area contributed by atoms with Gasteiger partial charge in [-0.1, -0.05) is 75.4 Å². The van der Waals surface area contributed by atoms with Crippen LogP contribution in [0.4, 0.5) is 0 Å². The average Bonchev–Trinajstić information content (AvgIpc) is 2.98. The molecule has 0 saturated heterocycles. The van der Waals surface area contributed by atoms with Crippen molar-refractivity contribution in [3.8, 4) is 33.8 Å². The first kappa shape index (κ1) is 28.1. The quantitative estimate of drug-likeness (QED) is 0.168. The van der Waals surface area contributed by atoms with E-state index in [9.17, 15) is 14.7 Å². The summed E-state index contributed by atoms with van der Waals surface area (Å²) in [5, 5.41) is 9.32. The maximum Gasteiger partial charge on any atom is 0.341 e. The molecule has 5 heteroatoms. The molecule has 0 aromatic heterocycles. The zero-order valence-corrected chi connectivity index (χ0v) is 22.5. The Kier molecular flexibility index (Phi) is 9.50. The summed E-state index contributed by atoms with van der Waals surface area (Å²) in [4.78, 5) is 23.9. The van der Waals surface area contributed by atoms with Gasteiger partial charge in [0.1, 0.15) is 11.5 Å². The molecule has 0 spiro atoms. The van der Waals surface area contributed by atoms with Gasteiger partial charge in [0, 0.05) is 11.6 Å². The predicted octanol–water partition coefficient (Wildman–Crippen LogP) is 7.64. The fourth-order valence-corrected chi connectivity index (χ4v) is 5.26. The third-order valence-electron chi connectivity index (χ3n) is 7.47. The molecule has 202 valence electrons. The van der Waals surface area contributed by atoms with Crippen molar-refractivity contribution < 1.29 is 24.2 Å². The van der Waals surface area contributed by atoms with Gasteiger partial charge in [0.2, 0.25) is 0 Å². The number of rotatable bonds is 10. The molecule has 1 saturated carbocycles. The summed E-state index contributed by atoms with van der Waals surface area (Å²) < 4.78 is 10.8. The molecule has 0 atom stereocenters. The number of carbonyl (C=O) groups excluding carboxylic acids is 2. The highest BCUT2D eigenvalue weighted by Gasteiger charge is 2.22. The minimum Gasteiger partial charge on any atom is -0.423 e. The summed E-state index contributed by atoms with van der Waals surface area (Å²) >= 11 is 0. The highest BCUT2D eigenvalue weighted by Crippen LogP contribution is 2.40. The van der Waals surface area contributed by atoms with Gasteiger partial charge < -0.3 is 14.6 Å². The lowest BCUT2D eigenvalue weighted by atomic mass is 9.77. The molecule has 3 aromatic rings. The molecular formula is C34H36O5. The normalized spacial score (nSPS) is 16.8. The van der Waals surface area contributed by atoms with E-state index in [2.05, 4.69) is 44.3 Å². The van der Waals surface area contributed by atoms with Crippen LogP contribution in [0, 0.1) is 5.92 Å². The molecule has 3 aromatic carbocycles. The van der Waals surface area contributed by atoms with Crippen molar-refractivity contribution in [1.82, 2.24) is 0 Å². The van der Waals surface area contributed by atoms with Crippen LogP contribution < -0.4 is 9.47 Å². The lowest BCUT2D eigenvalue weighted by Gasteiger charge is -2.28. The van der Waals surface area contributed by atoms with Crippen LogP contribution >= 0.6 is 0 Å². The smallest absolute Gasteiger partial charge is 0.341 e. The van der Waals surface area contributed by atoms with Crippen molar-refractivity contribution in [3.63, 3.8) is 0 Å². The lowest BCUT2D eigenvalue weighted by molar-refractivity contribution is -0.130. The zero-order valence-electron chi connectivity index (χ0n) is 22.5. The molecule has 39 heavy (non-hydrogen) atoms. The second kappa shape index (κ2) is 13.2. The molecule has 0 amide bonds. The first-order valence-electron chi connectivity index (χ1n) is 13.6. The Morgan fingerprint density at radius 2 is 1.54 bits per heavy atom. The van der Waals surface area contributed by atoms with E-state index >= 15 is 0 Å². The minimum atomic E-state index is -0.666. The summed E-state index contributed by atoms with van der Waals surface area (Å²) in [5.74, 6) is 1.08. The number of ether oxygens (including phenoxy) is 2. The third-order valence-corrected chi connectivity index (χ3v) is 7.47. The van der Waals surface area contributed by atoms with Crippen molar-refractivity contribution in [1.29, 1.82) is 0 Å². The van der Waals surface area contributed by atoms with Crippen LogP contribution in [0.25, 0.3) is 22.3 Å². The van der Waals surface area contributed by atoms with Crippen molar-refractivity contribution >= 4 is 11.9 Å². The maximum atomic E-state index is 12.4. The van der Waals surface area contributed by atoms with E-state index < -0.39 is 18.5 Å². The van der Waals surface area contributed by atoms with E-state index in [0.717, 1.165) is 34.2 Å². The highest BCUT2D eigenvalue weighted by molar-refractivity contribution is 5.91. The summed E-state index contributed by atoms with van der Waals surface area (Å²) in [5.41, 5.74) is 4.84. The number of benzene rings is 3. The van der Waals surface area contributed by atoms with Gasteiger partial charge in [-0.2, -0.15) is 0 Å². The molecule has 0 heterocycles. The Balaban J connectivity index is 1.61. The van der Waals surface area contributed by atoms with Crippen molar-refractivity contribution in [2.24, 2.45) is 5.92 Å². The van der Waals surface area contributed by atoms with E-state index in [1.54, 1.807) is 18.2 Å². The third kappa shape index (κ3) is 7.12. The van der Waals surface area contributed by atoms with Gasteiger partial charge in [0.05, 0.1) is 12.2 Å². The van der Waals surface area contributed by atoms with Crippen LogP contribution in [0.5, 0.6) is 11.5 Å². The lowest BCUT2D eigenvalue weighted by Crippen LogP contribution is -2.13. The van der Waals surface area contributed by atoms with Crippen LogP contribution in [-0.2, 0) is 9.59 Å². The Bertz CT molecular complexity index is 1310. The van der Waals surface area contributed by atoms with Gasteiger partial charge in [-0.15, -0.1) is 0 Å². The largest absolute Gasteiger partial charge is 0.423 e. The molecule has 0 bridgehead atoms. The molecule has 1 aliphatic rings. The van der Waals surface area contributed by atoms with Crippen LogP contribution in [-0.4, -0.2) is 23.7 Å². The zero-order chi connectivity index (χ0) is 27.8. The average molecular weight is 525 g/mol. The first-order chi connectivity index (χ1) is 18.9. The van der Waals surface area contributed by atoms with Crippen molar-refractivity contribution in [2.45, 2.75) is 51.4 Å². The SMILES string of the molecule is C=CC(=O)Oc1ccc(-c2ccc(OC(=O)C(=C)CO)c(-c3ccc(C4CCC(CCC)CC4)cc3)c2)cc1. The molecule has 0 aliphatic heterocycles. The fraction of sp³-hybridized carbons (Fsp3) is 0.294. The van der Waals surface area contributed by atoms with Crippen LogP contribution in [0.1, 0.15) is 56.9 Å². The number of esters is 2. The summed E-state index contributed by atoms with van der Waals surface area (Å²) in [6, 6.07) is 21.3. The number of aliphatic hydroxyl groups is 1. The predicted molar refractivity (Wildman–Crippen MR) is 155 cm³/mol. The summed E-state index contributed by atoms with van der Waals surface area (Å²) in [7, 11) is 0. The molecule has 4 rings (SSSR count). The molecule has 0 radical (unpaired) electrons. The number of hydrogen-bond donors (Lipinski definition) is 1. The number of hydrogen-bond acceptors (Lipinski definition) is 5. The molecular weight excluding hydrogens is 488 g/mol. The second-order valence-corrected chi connectivity index (χ2v) is 10.1. The highest BCUT2D eigenvalue weighted by atomic mass is 16.5. The van der Waals surface area contributed by atoms with Crippen LogP contribution in [0.3, 0.4) is 0 Å². The van der Waals surface area contributed by atoms with E-state index in [4.69, 9.17) is 9.47 Å². The number of carbonyl (C=O) groups is 2. The molecule has 1 aliphatic carbocycles. The van der Waals surface area contributed by atoms with Gasteiger partial charge in [0.25, 0.3) is 0 Å². The Hall–Kier alpha value is -3.96. The van der Waals surface area contributed by atoms with Gasteiger partial charge in [0.15, 0.2) is 0 Å². The molecule has 0 unspecified atom stereocenters. The van der Waals surface area contributed by atoms with Crippen molar-refractivity contribution in [2.75, 3.05) is 6.61 Å². The summed E-state index contributed by atoms with van der Waals surface area (Å²) in [6.45, 7) is 8.80.